The average Bonchev–Trinajstić information content (AvgIpc) is 3.62. The molecule has 248 valence electrons. The molecule has 2 heterocycles. The lowest BCUT2D eigenvalue weighted by molar-refractivity contribution is -0.385. The van der Waals surface area contributed by atoms with Crippen molar-refractivity contribution in [3.63, 3.8) is 0 Å². The first kappa shape index (κ1) is 35.6. The van der Waals surface area contributed by atoms with Crippen LogP contribution >= 0.6 is 0 Å². The molecule has 0 spiro atoms. The van der Waals surface area contributed by atoms with Gasteiger partial charge in [0.25, 0.3) is 11.4 Å². The second kappa shape index (κ2) is 13.6. The maximum atomic E-state index is 13.4. The maximum Gasteiger partial charge on any atom is 0.413 e. The molecule has 0 bridgehead atoms. The number of hydrogen-bond acceptors (Lipinski definition) is 10. The van der Waals surface area contributed by atoms with Gasteiger partial charge in [0.05, 0.1) is 35.9 Å². The normalized spacial score (nSPS) is 21.2. The average molecular weight is 661 g/mol. The van der Waals surface area contributed by atoms with Crippen LogP contribution in [0.15, 0.2) is 58.5 Å². The quantitative estimate of drug-likeness (QED) is 0.113. The molecule has 4 atom stereocenters. The van der Waals surface area contributed by atoms with Crippen LogP contribution in [0, 0.1) is 32.1 Å². The minimum Gasteiger partial charge on any atom is -0.465 e. The highest BCUT2D eigenvalue weighted by atomic mass is 19.4. The van der Waals surface area contributed by atoms with Gasteiger partial charge in [-0.05, 0) is 49.2 Å². The number of hydrogen-bond donors (Lipinski definition) is 0. The summed E-state index contributed by atoms with van der Waals surface area (Å²) in [7, 11) is 0. The van der Waals surface area contributed by atoms with E-state index in [1.165, 1.54) is 48.5 Å². The van der Waals surface area contributed by atoms with Crippen molar-refractivity contribution in [3.8, 4) is 0 Å². The second-order valence-corrected chi connectivity index (χ2v) is 10.7. The monoisotopic (exact) mass is 660 g/mol. The summed E-state index contributed by atoms with van der Waals surface area (Å²) in [5, 5.41) is 21.1. The van der Waals surface area contributed by atoms with Gasteiger partial charge in [0.1, 0.15) is 0 Å². The number of aliphatic imine (C=N–C) groups is 2. The first-order chi connectivity index (χ1) is 21.3. The van der Waals surface area contributed by atoms with Crippen LogP contribution in [0.1, 0.15) is 37.8 Å². The van der Waals surface area contributed by atoms with Crippen molar-refractivity contribution >= 4 is 35.7 Å². The van der Waals surface area contributed by atoms with Crippen molar-refractivity contribution in [2.45, 2.75) is 50.1 Å². The van der Waals surface area contributed by atoms with Gasteiger partial charge in [0, 0.05) is 48.5 Å². The molecule has 2 aliphatic heterocycles. The van der Waals surface area contributed by atoms with E-state index in [0.29, 0.717) is 0 Å². The molecule has 0 unspecified atom stereocenters. The van der Waals surface area contributed by atoms with E-state index in [-0.39, 0.29) is 48.6 Å². The highest BCUT2D eigenvalue weighted by Crippen LogP contribution is 2.44. The number of benzene rings is 2. The van der Waals surface area contributed by atoms with Crippen LogP contribution in [0.5, 0.6) is 0 Å². The first-order valence-electron chi connectivity index (χ1n) is 13.3. The molecule has 2 aromatic rings. The number of rotatable bonds is 8. The van der Waals surface area contributed by atoms with Crippen LogP contribution in [0.2, 0.25) is 0 Å². The minimum atomic E-state index is -4.66. The summed E-state index contributed by atoms with van der Waals surface area (Å²) in [6, 6.07) is 9.90. The number of carbonyl (C=O) groups is 2. The Kier molecular flexibility index (Phi) is 10.5. The van der Waals surface area contributed by atoms with Gasteiger partial charge in [-0.2, -0.15) is 26.3 Å². The SMILES string of the molecule is C[C@](N=Cc1ccc([N+](=O)[O-])cc1)([C@@H]1COC(=O)C1)C(F)(F)F.C[C@](N=Cc1ccc([N+](=O)[O-])cc1)([C@@H]1COC(=O)C1)C(F)(F)F. The van der Waals surface area contributed by atoms with E-state index in [1.54, 1.807) is 0 Å². The van der Waals surface area contributed by atoms with Crippen LogP contribution in [-0.2, 0) is 19.1 Å². The molecule has 46 heavy (non-hydrogen) atoms. The molecule has 0 radical (unpaired) electrons. The molecular formula is C28H26F6N4O8. The summed E-state index contributed by atoms with van der Waals surface area (Å²) in [5.41, 5.74) is -4.71. The van der Waals surface area contributed by atoms with Gasteiger partial charge in [-0.1, -0.05) is 0 Å². The van der Waals surface area contributed by atoms with Crippen molar-refractivity contribution in [1.82, 2.24) is 0 Å². The number of ether oxygens (including phenoxy) is 2. The number of nitro groups is 2. The van der Waals surface area contributed by atoms with Crippen LogP contribution in [0.3, 0.4) is 0 Å². The highest BCUT2D eigenvalue weighted by Gasteiger charge is 2.59. The summed E-state index contributed by atoms with van der Waals surface area (Å²) < 4.78 is 89.5. The predicted molar refractivity (Wildman–Crippen MR) is 148 cm³/mol. The molecule has 2 saturated heterocycles. The van der Waals surface area contributed by atoms with E-state index in [4.69, 9.17) is 0 Å². The third-order valence-electron chi connectivity index (χ3n) is 7.63. The number of non-ortho nitro benzene ring substituents is 2. The summed E-state index contributed by atoms with van der Waals surface area (Å²) in [5.74, 6) is -3.58. The fourth-order valence-corrected chi connectivity index (χ4v) is 4.35. The predicted octanol–water partition coefficient (Wildman–Crippen LogP) is 5.80. The highest BCUT2D eigenvalue weighted by molar-refractivity contribution is 5.81. The fourth-order valence-electron chi connectivity index (χ4n) is 4.35. The number of nitro benzene ring substituents is 2. The van der Waals surface area contributed by atoms with Crippen LogP contribution < -0.4 is 0 Å². The van der Waals surface area contributed by atoms with Gasteiger partial charge in [-0.25, -0.2) is 0 Å². The first-order valence-corrected chi connectivity index (χ1v) is 13.3. The van der Waals surface area contributed by atoms with Crippen LogP contribution in [-0.4, -0.2) is 70.9 Å². The van der Waals surface area contributed by atoms with E-state index in [9.17, 15) is 56.2 Å². The van der Waals surface area contributed by atoms with Gasteiger partial charge >= 0.3 is 24.3 Å². The Balaban J connectivity index is 0.000000250. The van der Waals surface area contributed by atoms with Crippen LogP contribution in [0.4, 0.5) is 37.7 Å². The smallest absolute Gasteiger partial charge is 0.413 e. The number of cyclic esters (lactones) is 2. The number of nitrogens with zero attached hydrogens (tertiary/aromatic N) is 4. The Morgan fingerprint density at radius 3 is 1.20 bits per heavy atom. The summed E-state index contributed by atoms with van der Waals surface area (Å²) >= 11 is 0. The number of esters is 2. The minimum absolute atomic E-state index is 0.171. The Bertz CT molecular complexity index is 1400. The molecule has 0 amide bonds. The third-order valence-corrected chi connectivity index (χ3v) is 7.63. The zero-order chi connectivity index (χ0) is 34.5. The zero-order valence-corrected chi connectivity index (χ0v) is 24.1. The Morgan fingerprint density at radius 1 is 0.674 bits per heavy atom. The molecule has 2 aliphatic rings. The molecule has 0 N–H and O–H groups in total. The molecule has 2 fully saturated rings. The zero-order valence-electron chi connectivity index (χ0n) is 24.1. The van der Waals surface area contributed by atoms with E-state index >= 15 is 0 Å². The maximum absolute atomic E-state index is 13.4. The lowest BCUT2D eigenvalue weighted by atomic mass is 9.84. The third kappa shape index (κ3) is 8.22. The van der Waals surface area contributed by atoms with E-state index < -0.39 is 57.1 Å². The van der Waals surface area contributed by atoms with Crippen molar-refractivity contribution in [3.05, 3.63) is 79.9 Å². The molecule has 0 saturated carbocycles. The van der Waals surface area contributed by atoms with Crippen molar-refractivity contribution in [2.24, 2.45) is 21.8 Å². The summed E-state index contributed by atoms with van der Waals surface area (Å²) in [6.07, 6.45) is -8.03. The Morgan fingerprint density at radius 2 is 0.978 bits per heavy atom. The summed E-state index contributed by atoms with van der Waals surface area (Å²) in [6.45, 7) is 1.13. The number of halogens is 6. The molecule has 4 rings (SSSR count). The fraction of sp³-hybridized carbons (Fsp3) is 0.429. The lowest BCUT2D eigenvalue weighted by Crippen LogP contribution is -2.47. The molecule has 12 nitrogen and oxygen atoms in total. The number of carbonyl (C=O) groups excluding carboxylic acids is 2. The largest absolute Gasteiger partial charge is 0.465 e. The van der Waals surface area contributed by atoms with Gasteiger partial charge in [0.2, 0.25) is 0 Å². The van der Waals surface area contributed by atoms with E-state index in [0.717, 1.165) is 26.3 Å². The van der Waals surface area contributed by atoms with Crippen molar-refractivity contribution in [1.29, 1.82) is 0 Å². The van der Waals surface area contributed by atoms with Gasteiger partial charge in [0.15, 0.2) is 11.1 Å². The number of alkyl halides is 6. The second-order valence-electron chi connectivity index (χ2n) is 10.7. The van der Waals surface area contributed by atoms with Crippen LogP contribution in [0.25, 0.3) is 0 Å². The topological polar surface area (TPSA) is 164 Å². The molecule has 2 aromatic carbocycles. The van der Waals surface area contributed by atoms with Gasteiger partial charge in [-0.3, -0.25) is 39.8 Å². The van der Waals surface area contributed by atoms with Crippen molar-refractivity contribution in [2.75, 3.05) is 13.2 Å². The standard InChI is InChI=1S/2C14H13F3N2O4/c2*1-13(14(15,16)17,10-6-12(20)23-8-10)18-7-9-2-4-11(5-3-9)19(21)22/h2*2-5,7,10H,6,8H2,1H3/t2*10-,13-/m00/s1. The molecule has 0 aliphatic carbocycles. The van der Waals surface area contributed by atoms with Gasteiger partial charge < -0.3 is 9.47 Å². The van der Waals surface area contributed by atoms with Gasteiger partial charge in [-0.15, -0.1) is 0 Å². The Hall–Kier alpha value is -4.90. The molecule has 0 aromatic heterocycles. The molecule has 18 heteroatoms. The summed E-state index contributed by atoms with van der Waals surface area (Å²) in [4.78, 5) is 49.3. The van der Waals surface area contributed by atoms with Crippen molar-refractivity contribution < 1.29 is 55.3 Å². The van der Waals surface area contributed by atoms with E-state index in [2.05, 4.69) is 19.5 Å². The lowest BCUT2D eigenvalue weighted by Gasteiger charge is -2.32. The Labute approximate surface area is 256 Å². The molecular weight excluding hydrogens is 634 g/mol. The van der Waals surface area contributed by atoms with E-state index in [1.807, 2.05) is 0 Å².